The first-order valence-corrected chi connectivity index (χ1v) is 8.11. The fourth-order valence-electron chi connectivity index (χ4n) is 2.38. The van der Waals surface area contributed by atoms with Gasteiger partial charge in [0, 0.05) is 11.6 Å². The third-order valence-electron chi connectivity index (χ3n) is 3.54. The van der Waals surface area contributed by atoms with Gasteiger partial charge in [0.2, 0.25) is 11.6 Å². The first-order valence-electron chi connectivity index (χ1n) is 7.29. The predicted molar refractivity (Wildman–Crippen MR) is 93.6 cm³/mol. The quantitative estimate of drug-likeness (QED) is 0.678. The number of benzene rings is 1. The van der Waals surface area contributed by atoms with E-state index in [2.05, 4.69) is 14.9 Å². The zero-order chi connectivity index (χ0) is 18.3. The van der Waals surface area contributed by atoms with Crippen molar-refractivity contribution < 1.29 is 18.2 Å². The molecule has 0 atom stereocenters. The van der Waals surface area contributed by atoms with Crippen LogP contribution in [0.2, 0.25) is 0 Å². The van der Waals surface area contributed by atoms with Crippen LogP contribution >= 0.6 is 11.8 Å². The molecule has 3 aromatic rings. The Bertz CT molecular complexity index is 1060. The molecule has 1 amide bonds. The van der Waals surface area contributed by atoms with Crippen molar-refractivity contribution in [3.05, 3.63) is 52.9 Å². The Morgan fingerprint density at radius 1 is 1.27 bits per heavy atom. The maximum absolute atomic E-state index is 13.3. The number of rotatable bonds is 3. The molecule has 0 unspecified atom stereocenters. The van der Waals surface area contributed by atoms with Crippen LogP contribution in [0.3, 0.4) is 0 Å². The van der Waals surface area contributed by atoms with Crippen LogP contribution in [0.1, 0.15) is 5.76 Å². The van der Waals surface area contributed by atoms with Crippen LogP contribution < -0.4 is 10.6 Å². The monoisotopic (exact) mass is 371 g/mol. The average molecular weight is 371 g/mol. The van der Waals surface area contributed by atoms with Crippen LogP contribution in [-0.4, -0.2) is 21.4 Å². The summed E-state index contributed by atoms with van der Waals surface area (Å²) < 4.78 is 23.5. The van der Waals surface area contributed by atoms with Crippen LogP contribution in [-0.2, 0) is 4.79 Å². The summed E-state index contributed by atoms with van der Waals surface area (Å²) in [7, 11) is 0. The third-order valence-corrected chi connectivity index (χ3v) is 4.43. The SMILES string of the molecule is N=C1S/C(=C\c2ccc(-c3cccc(F)c3)o2)C(=O)N1c1nonc1N. The number of furan rings is 1. The second-order valence-electron chi connectivity index (χ2n) is 5.24. The van der Waals surface area contributed by atoms with E-state index in [-0.39, 0.29) is 27.5 Å². The van der Waals surface area contributed by atoms with Crippen LogP contribution in [0.25, 0.3) is 17.4 Å². The molecule has 26 heavy (non-hydrogen) atoms. The lowest BCUT2D eigenvalue weighted by Gasteiger charge is -2.08. The summed E-state index contributed by atoms with van der Waals surface area (Å²) >= 11 is 0.927. The number of hydrogen-bond acceptors (Lipinski definition) is 8. The maximum atomic E-state index is 13.3. The number of nitrogens with zero attached hydrogens (tertiary/aromatic N) is 3. The molecule has 0 saturated carbocycles. The number of amidine groups is 1. The van der Waals surface area contributed by atoms with E-state index in [4.69, 9.17) is 15.6 Å². The molecule has 1 aliphatic rings. The number of anilines is 2. The number of nitrogens with one attached hydrogen (secondary N) is 1. The number of amides is 1. The van der Waals surface area contributed by atoms with E-state index in [0.29, 0.717) is 17.1 Å². The lowest BCUT2D eigenvalue weighted by atomic mass is 10.2. The second kappa shape index (κ2) is 6.15. The average Bonchev–Trinajstić information content (AvgIpc) is 3.30. The van der Waals surface area contributed by atoms with E-state index in [1.807, 2.05) is 0 Å². The standard InChI is InChI=1S/C16H10FN5O3S/c17-9-3-1-2-8(6-9)11-5-4-10(24-11)7-12-15(23)22(16(19)26-12)14-13(18)20-25-21-14/h1-7,19H,(H2,18,20)/b12-7-,19-16?. The van der Waals surface area contributed by atoms with Gasteiger partial charge in [-0.05, 0) is 46.3 Å². The number of nitrogen functional groups attached to an aromatic ring is 1. The Hall–Kier alpha value is -3.40. The Kier molecular flexibility index (Phi) is 3.81. The number of hydrogen-bond donors (Lipinski definition) is 2. The fraction of sp³-hybridized carbons (Fsp3) is 0. The summed E-state index contributed by atoms with van der Waals surface area (Å²) in [5.74, 6) is -0.133. The highest BCUT2D eigenvalue weighted by molar-refractivity contribution is 8.19. The van der Waals surface area contributed by atoms with E-state index in [0.717, 1.165) is 16.7 Å². The van der Waals surface area contributed by atoms with Gasteiger partial charge < -0.3 is 10.2 Å². The highest BCUT2D eigenvalue weighted by Gasteiger charge is 2.37. The van der Waals surface area contributed by atoms with Crippen LogP contribution in [0.15, 0.2) is 50.3 Å². The van der Waals surface area contributed by atoms with Crippen molar-refractivity contribution in [3.63, 3.8) is 0 Å². The normalized spacial score (nSPS) is 16.0. The van der Waals surface area contributed by atoms with Gasteiger partial charge in [-0.15, -0.1) is 0 Å². The van der Waals surface area contributed by atoms with Gasteiger partial charge in [-0.3, -0.25) is 10.2 Å². The van der Waals surface area contributed by atoms with Crippen molar-refractivity contribution in [1.82, 2.24) is 10.3 Å². The second-order valence-corrected chi connectivity index (χ2v) is 6.27. The minimum atomic E-state index is -0.494. The predicted octanol–water partition coefficient (Wildman–Crippen LogP) is 3.11. The Morgan fingerprint density at radius 2 is 2.12 bits per heavy atom. The molecule has 10 heteroatoms. The zero-order valence-corrected chi connectivity index (χ0v) is 13.8. The molecule has 1 aliphatic heterocycles. The number of carbonyl (C=O) groups excluding carboxylic acids is 1. The van der Waals surface area contributed by atoms with E-state index in [1.165, 1.54) is 18.2 Å². The topological polar surface area (TPSA) is 122 Å². The van der Waals surface area contributed by atoms with Crippen molar-refractivity contribution in [2.45, 2.75) is 0 Å². The largest absolute Gasteiger partial charge is 0.457 e. The van der Waals surface area contributed by atoms with Crippen LogP contribution in [0.4, 0.5) is 16.0 Å². The summed E-state index contributed by atoms with van der Waals surface area (Å²) in [6, 6.07) is 9.31. The molecule has 4 rings (SSSR count). The van der Waals surface area contributed by atoms with Gasteiger partial charge in [-0.1, -0.05) is 12.1 Å². The lowest BCUT2D eigenvalue weighted by molar-refractivity contribution is -0.113. The first-order chi connectivity index (χ1) is 12.5. The van der Waals surface area contributed by atoms with Crippen LogP contribution in [0.5, 0.6) is 0 Å². The van der Waals surface area contributed by atoms with Crippen molar-refractivity contribution >= 4 is 40.5 Å². The summed E-state index contributed by atoms with van der Waals surface area (Å²) in [4.78, 5) is 13.8. The van der Waals surface area contributed by atoms with E-state index >= 15 is 0 Å². The third kappa shape index (κ3) is 2.75. The maximum Gasteiger partial charge on any atom is 0.272 e. The molecule has 2 aromatic heterocycles. The van der Waals surface area contributed by atoms with Gasteiger partial charge in [0.1, 0.15) is 17.3 Å². The minimum absolute atomic E-state index is 0.0317. The number of carbonyl (C=O) groups is 1. The smallest absolute Gasteiger partial charge is 0.272 e. The molecule has 0 bridgehead atoms. The van der Waals surface area contributed by atoms with Crippen molar-refractivity contribution in [2.24, 2.45) is 0 Å². The molecule has 1 saturated heterocycles. The van der Waals surface area contributed by atoms with E-state index in [9.17, 15) is 9.18 Å². The molecule has 1 fully saturated rings. The van der Waals surface area contributed by atoms with Crippen molar-refractivity contribution in [2.75, 3.05) is 10.6 Å². The molecular weight excluding hydrogens is 361 g/mol. The molecule has 130 valence electrons. The summed E-state index contributed by atoms with van der Waals surface area (Å²) in [5.41, 5.74) is 6.17. The molecular formula is C16H10FN5O3S. The summed E-state index contributed by atoms with van der Waals surface area (Å²) in [6.45, 7) is 0. The van der Waals surface area contributed by atoms with Crippen molar-refractivity contribution in [1.29, 1.82) is 5.41 Å². The van der Waals surface area contributed by atoms with Gasteiger partial charge in [0.15, 0.2) is 5.17 Å². The van der Waals surface area contributed by atoms with Gasteiger partial charge in [0.05, 0.1) is 4.91 Å². The highest BCUT2D eigenvalue weighted by Crippen LogP contribution is 2.36. The lowest BCUT2D eigenvalue weighted by Crippen LogP contribution is -2.29. The van der Waals surface area contributed by atoms with Gasteiger partial charge in [-0.25, -0.2) is 13.9 Å². The Balaban J connectivity index is 1.63. The van der Waals surface area contributed by atoms with Gasteiger partial charge >= 0.3 is 0 Å². The number of halogens is 1. The highest BCUT2D eigenvalue weighted by atomic mass is 32.2. The van der Waals surface area contributed by atoms with E-state index in [1.54, 1.807) is 24.3 Å². The number of nitrogens with two attached hydrogens (primary N) is 1. The molecule has 3 N–H and O–H groups in total. The molecule has 1 aromatic carbocycles. The summed E-state index contributed by atoms with van der Waals surface area (Å²) in [5, 5.41) is 14.8. The van der Waals surface area contributed by atoms with Crippen LogP contribution in [0, 0.1) is 11.2 Å². The summed E-state index contributed by atoms with van der Waals surface area (Å²) in [6.07, 6.45) is 1.49. The molecule has 0 spiro atoms. The molecule has 0 aliphatic carbocycles. The van der Waals surface area contributed by atoms with Crippen molar-refractivity contribution in [3.8, 4) is 11.3 Å². The van der Waals surface area contributed by atoms with E-state index < -0.39 is 5.91 Å². The van der Waals surface area contributed by atoms with Gasteiger partial charge in [0.25, 0.3) is 5.91 Å². The van der Waals surface area contributed by atoms with Gasteiger partial charge in [-0.2, -0.15) is 0 Å². The Labute approximate surface area is 149 Å². The number of thioether (sulfide) groups is 1. The minimum Gasteiger partial charge on any atom is -0.457 e. The number of aromatic nitrogens is 2. The molecule has 0 radical (unpaired) electrons. The first kappa shape index (κ1) is 16.1. The Morgan fingerprint density at radius 3 is 2.85 bits per heavy atom. The fourth-order valence-corrected chi connectivity index (χ4v) is 3.20. The molecule has 8 nitrogen and oxygen atoms in total. The zero-order valence-electron chi connectivity index (χ0n) is 13.0. The molecule has 3 heterocycles.